The molecule has 0 spiro atoms. The molecule has 1 aromatic rings. The lowest BCUT2D eigenvalue weighted by molar-refractivity contribution is -0.152. The fourth-order valence-electron chi connectivity index (χ4n) is 1.90. The lowest BCUT2D eigenvalue weighted by atomic mass is 10.0. The van der Waals surface area contributed by atoms with Gasteiger partial charge in [0, 0.05) is 6.42 Å². The van der Waals surface area contributed by atoms with E-state index >= 15 is 0 Å². The molecule has 0 aromatic heterocycles. The summed E-state index contributed by atoms with van der Waals surface area (Å²) < 4.78 is 10.3. The number of ketones is 1. The first-order valence-corrected chi connectivity index (χ1v) is 6.77. The highest BCUT2D eigenvalue weighted by molar-refractivity contribution is 6.33. The van der Waals surface area contributed by atoms with Crippen molar-refractivity contribution in [2.75, 3.05) is 7.11 Å². The van der Waals surface area contributed by atoms with Gasteiger partial charge in [0.05, 0.1) is 19.3 Å². The maximum Gasteiger partial charge on any atom is 0.374 e. The zero-order valence-corrected chi connectivity index (χ0v) is 12.5. The van der Waals surface area contributed by atoms with Crippen LogP contribution >= 0.6 is 0 Å². The van der Waals surface area contributed by atoms with E-state index in [4.69, 9.17) is 4.74 Å². The summed E-state index contributed by atoms with van der Waals surface area (Å²) in [4.78, 5) is 22.6. The monoisotopic (exact) mass is 278 g/mol. The number of hydrogen-bond acceptors (Lipinski definition) is 4. The summed E-state index contributed by atoms with van der Waals surface area (Å²) in [5.41, 5.74) is 2.18. The molecule has 0 fully saturated rings. The van der Waals surface area contributed by atoms with Crippen LogP contribution in [-0.4, -0.2) is 25.0 Å². The normalized spacial score (nSPS) is 12.2. The number of Topliss-reactive ketones (excluding diaryl/α,β-unsaturated/α-hetero) is 1. The first-order valence-electron chi connectivity index (χ1n) is 6.77. The molecule has 1 rings (SSSR count). The number of rotatable bonds is 7. The lowest BCUT2D eigenvalue weighted by Gasteiger charge is -2.20. The molecule has 0 aliphatic rings. The van der Waals surface area contributed by atoms with Gasteiger partial charge in [0.2, 0.25) is 5.78 Å². The van der Waals surface area contributed by atoms with Gasteiger partial charge in [0.1, 0.15) is 0 Å². The Hall–Kier alpha value is -1.68. The summed E-state index contributed by atoms with van der Waals surface area (Å²) in [5.74, 6) is -1.31. The molecule has 1 aromatic carbocycles. The molecule has 20 heavy (non-hydrogen) atoms. The van der Waals surface area contributed by atoms with E-state index in [1.165, 1.54) is 12.7 Å². The molecule has 1 unspecified atom stereocenters. The minimum atomic E-state index is -0.794. The van der Waals surface area contributed by atoms with Crippen molar-refractivity contribution >= 4 is 11.8 Å². The van der Waals surface area contributed by atoms with Crippen LogP contribution in [0.2, 0.25) is 0 Å². The van der Waals surface area contributed by atoms with Gasteiger partial charge >= 0.3 is 5.97 Å². The SMILES string of the molecule is COC(=O)C(=O)CCC(OC(C)C)c1ccc(C)cc1. The zero-order chi connectivity index (χ0) is 15.1. The Morgan fingerprint density at radius 1 is 1.15 bits per heavy atom. The molecule has 0 amide bonds. The van der Waals surface area contributed by atoms with Crippen LogP contribution in [0, 0.1) is 6.92 Å². The molecule has 0 aliphatic carbocycles. The Bertz CT molecular complexity index is 448. The van der Waals surface area contributed by atoms with Crippen molar-refractivity contribution in [3.63, 3.8) is 0 Å². The van der Waals surface area contributed by atoms with Gasteiger partial charge in [-0.3, -0.25) is 4.79 Å². The Morgan fingerprint density at radius 2 is 1.75 bits per heavy atom. The van der Waals surface area contributed by atoms with Crippen LogP contribution in [0.15, 0.2) is 24.3 Å². The highest BCUT2D eigenvalue weighted by atomic mass is 16.5. The number of hydrogen-bond donors (Lipinski definition) is 0. The Balaban J connectivity index is 2.72. The number of esters is 1. The van der Waals surface area contributed by atoms with Crippen molar-refractivity contribution in [2.45, 2.75) is 45.8 Å². The molecule has 4 nitrogen and oxygen atoms in total. The summed E-state index contributed by atoms with van der Waals surface area (Å²) in [6.07, 6.45) is 0.450. The Kier molecular flexibility index (Phi) is 6.39. The van der Waals surface area contributed by atoms with Crippen LogP contribution in [0.5, 0.6) is 0 Å². The Morgan fingerprint density at radius 3 is 2.25 bits per heavy atom. The smallest absolute Gasteiger partial charge is 0.374 e. The van der Waals surface area contributed by atoms with Crippen LogP contribution in [-0.2, 0) is 19.1 Å². The fourth-order valence-corrected chi connectivity index (χ4v) is 1.90. The number of carbonyl (C=O) groups is 2. The summed E-state index contributed by atoms with van der Waals surface area (Å²) >= 11 is 0. The zero-order valence-electron chi connectivity index (χ0n) is 12.5. The minimum Gasteiger partial charge on any atom is -0.463 e. The minimum absolute atomic E-state index is 0.0505. The van der Waals surface area contributed by atoms with E-state index < -0.39 is 11.8 Å². The second-order valence-corrected chi connectivity index (χ2v) is 5.04. The molecule has 0 heterocycles. The molecule has 0 saturated carbocycles. The summed E-state index contributed by atoms with van der Waals surface area (Å²) in [6.45, 7) is 5.91. The Labute approximate surface area is 120 Å². The van der Waals surface area contributed by atoms with Gasteiger partial charge in [0.15, 0.2) is 0 Å². The third-order valence-corrected chi connectivity index (χ3v) is 2.93. The largest absolute Gasteiger partial charge is 0.463 e. The van der Waals surface area contributed by atoms with Crippen LogP contribution in [0.3, 0.4) is 0 Å². The number of aryl methyl sites for hydroxylation is 1. The molecule has 110 valence electrons. The van der Waals surface area contributed by atoms with E-state index in [9.17, 15) is 9.59 Å². The molecule has 0 bridgehead atoms. The molecule has 0 aliphatic heterocycles. The maximum absolute atomic E-state index is 11.5. The predicted molar refractivity (Wildman–Crippen MR) is 76.4 cm³/mol. The fraction of sp³-hybridized carbons (Fsp3) is 0.500. The quantitative estimate of drug-likeness (QED) is 0.568. The summed E-state index contributed by atoms with van der Waals surface area (Å²) in [6, 6.07) is 8.00. The van der Waals surface area contributed by atoms with Crippen molar-refractivity contribution in [1.82, 2.24) is 0 Å². The van der Waals surface area contributed by atoms with E-state index in [2.05, 4.69) is 4.74 Å². The second-order valence-electron chi connectivity index (χ2n) is 5.04. The van der Waals surface area contributed by atoms with Crippen LogP contribution in [0.25, 0.3) is 0 Å². The summed E-state index contributed by atoms with van der Waals surface area (Å²) in [5, 5.41) is 0. The van der Waals surface area contributed by atoms with Gasteiger partial charge in [0.25, 0.3) is 0 Å². The van der Waals surface area contributed by atoms with Crippen molar-refractivity contribution < 1.29 is 19.1 Å². The summed E-state index contributed by atoms with van der Waals surface area (Å²) in [7, 11) is 1.21. The number of ether oxygens (including phenoxy) is 2. The van der Waals surface area contributed by atoms with E-state index in [1.807, 2.05) is 45.0 Å². The number of benzene rings is 1. The van der Waals surface area contributed by atoms with Gasteiger partial charge < -0.3 is 9.47 Å². The van der Waals surface area contributed by atoms with Gasteiger partial charge in [-0.1, -0.05) is 29.8 Å². The molecule has 1 atom stereocenters. The maximum atomic E-state index is 11.5. The molecule has 0 saturated heterocycles. The molecule has 0 N–H and O–H groups in total. The number of carbonyl (C=O) groups excluding carboxylic acids is 2. The van der Waals surface area contributed by atoms with Gasteiger partial charge in [-0.25, -0.2) is 4.79 Å². The highest BCUT2D eigenvalue weighted by Gasteiger charge is 2.19. The molecular weight excluding hydrogens is 256 g/mol. The van der Waals surface area contributed by atoms with Crippen LogP contribution in [0.1, 0.15) is 43.9 Å². The topological polar surface area (TPSA) is 52.6 Å². The first kappa shape index (κ1) is 16.4. The lowest BCUT2D eigenvalue weighted by Crippen LogP contribution is -2.18. The van der Waals surface area contributed by atoms with Crippen molar-refractivity contribution in [1.29, 1.82) is 0 Å². The van der Waals surface area contributed by atoms with E-state index in [-0.39, 0.29) is 18.6 Å². The predicted octanol–water partition coefficient (Wildman–Crippen LogP) is 2.98. The van der Waals surface area contributed by atoms with Gasteiger partial charge in [-0.15, -0.1) is 0 Å². The van der Waals surface area contributed by atoms with Gasteiger partial charge in [-0.2, -0.15) is 0 Å². The van der Waals surface area contributed by atoms with Crippen LogP contribution in [0.4, 0.5) is 0 Å². The first-order chi connectivity index (χ1) is 9.43. The average Bonchev–Trinajstić information content (AvgIpc) is 2.42. The van der Waals surface area contributed by atoms with Crippen molar-refractivity contribution in [2.24, 2.45) is 0 Å². The standard InChI is InChI=1S/C16H22O4/c1-11(2)20-15(10-9-14(17)16(18)19-4)13-7-5-12(3)6-8-13/h5-8,11,15H,9-10H2,1-4H3. The second kappa shape index (κ2) is 7.80. The van der Waals surface area contributed by atoms with Gasteiger partial charge in [-0.05, 0) is 32.8 Å². The third-order valence-electron chi connectivity index (χ3n) is 2.93. The molecule has 0 radical (unpaired) electrons. The number of methoxy groups -OCH3 is 1. The van der Waals surface area contributed by atoms with Crippen molar-refractivity contribution in [3.8, 4) is 0 Å². The van der Waals surface area contributed by atoms with E-state index in [0.29, 0.717) is 6.42 Å². The molecule has 4 heteroatoms. The molecular formula is C16H22O4. The van der Waals surface area contributed by atoms with Crippen molar-refractivity contribution in [3.05, 3.63) is 35.4 Å². The van der Waals surface area contributed by atoms with E-state index in [1.54, 1.807) is 0 Å². The highest BCUT2D eigenvalue weighted by Crippen LogP contribution is 2.25. The van der Waals surface area contributed by atoms with E-state index in [0.717, 1.165) is 5.56 Å². The average molecular weight is 278 g/mol. The third kappa shape index (κ3) is 5.13. The van der Waals surface area contributed by atoms with Crippen LogP contribution < -0.4 is 0 Å².